The molecule has 0 aliphatic carbocycles. The zero-order chi connectivity index (χ0) is 13.9. The lowest BCUT2D eigenvalue weighted by Crippen LogP contribution is -2.14. The third kappa shape index (κ3) is 4.15. The van der Waals surface area contributed by atoms with Crippen LogP contribution < -0.4 is 5.73 Å². The van der Waals surface area contributed by atoms with Gasteiger partial charge < -0.3 is 10.3 Å². The van der Waals surface area contributed by atoms with E-state index in [1.165, 1.54) is 0 Å². The molecule has 2 aromatic rings. The highest BCUT2D eigenvalue weighted by molar-refractivity contribution is 7.89. The van der Waals surface area contributed by atoms with E-state index in [2.05, 4.69) is 10.1 Å². The van der Waals surface area contributed by atoms with Gasteiger partial charge in [0.15, 0.2) is 15.7 Å². The topological polar surface area (TPSA) is 99.1 Å². The van der Waals surface area contributed by atoms with Crippen molar-refractivity contribution >= 4 is 9.84 Å². The molecule has 0 spiro atoms. The maximum Gasteiger partial charge on any atom is 0.243 e. The second-order valence-corrected chi connectivity index (χ2v) is 6.56. The van der Waals surface area contributed by atoms with Gasteiger partial charge in [0, 0.05) is 6.26 Å². The van der Waals surface area contributed by atoms with Crippen LogP contribution in [-0.2, 0) is 22.0 Å². The molecular weight excluding hydrogens is 266 g/mol. The smallest absolute Gasteiger partial charge is 0.243 e. The summed E-state index contributed by atoms with van der Waals surface area (Å²) in [5.74, 6) is 0.151. The standard InChI is InChI=1S/C12H15N3O3S/c1-19(16,17)8-11-14-12(18-15-11)10(13)7-9-5-3-2-4-6-9/h2-6,10H,7-8,13H2,1H3/t10-/m1/s1. The van der Waals surface area contributed by atoms with Crippen molar-refractivity contribution < 1.29 is 12.9 Å². The molecule has 0 saturated carbocycles. The van der Waals surface area contributed by atoms with Gasteiger partial charge in [-0.05, 0) is 12.0 Å². The van der Waals surface area contributed by atoms with Crippen LogP contribution in [0.1, 0.15) is 23.3 Å². The number of nitrogens with zero attached hydrogens (tertiary/aromatic N) is 2. The molecule has 0 amide bonds. The van der Waals surface area contributed by atoms with Crippen LogP contribution in [0, 0.1) is 0 Å². The second kappa shape index (κ2) is 5.50. The van der Waals surface area contributed by atoms with Crippen LogP contribution >= 0.6 is 0 Å². The molecule has 2 rings (SSSR count). The van der Waals surface area contributed by atoms with E-state index < -0.39 is 15.9 Å². The first-order valence-electron chi connectivity index (χ1n) is 5.74. The minimum absolute atomic E-state index is 0.140. The Kier molecular flexibility index (Phi) is 3.96. The molecule has 6 nitrogen and oxygen atoms in total. The van der Waals surface area contributed by atoms with Crippen LogP contribution in [0.2, 0.25) is 0 Å². The van der Waals surface area contributed by atoms with E-state index in [9.17, 15) is 8.42 Å². The largest absolute Gasteiger partial charge is 0.338 e. The van der Waals surface area contributed by atoms with Gasteiger partial charge in [-0.25, -0.2) is 8.42 Å². The Bertz CT molecular complexity index is 637. The van der Waals surface area contributed by atoms with Crippen molar-refractivity contribution in [3.63, 3.8) is 0 Å². The van der Waals surface area contributed by atoms with Crippen LogP contribution in [0.25, 0.3) is 0 Å². The molecule has 7 heteroatoms. The lowest BCUT2D eigenvalue weighted by molar-refractivity contribution is 0.351. The van der Waals surface area contributed by atoms with E-state index in [0.717, 1.165) is 11.8 Å². The van der Waals surface area contributed by atoms with E-state index >= 15 is 0 Å². The average molecular weight is 281 g/mol. The van der Waals surface area contributed by atoms with Crippen LogP contribution in [-0.4, -0.2) is 24.8 Å². The van der Waals surface area contributed by atoms with Crippen molar-refractivity contribution in [3.8, 4) is 0 Å². The summed E-state index contributed by atoms with van der Waals surface area (Å²) in [6.45, 7) is 0. The second-order valence-electron chi connectivity index (χ2n) is 4.42. The summed E-state index contributed by atoms with van der Waals surface area (Å²) >= 11 is 0. The molecule has 0 unspecified atom stereocenters. The monoisotopic (exact) mass is 281 g/mol. The number of rotatable bonds is 5. The average Bonchev–Trinajstić information content (AvgIpc) is 2.76. The maximum absolute atomic E-state index is 11.1. The quantitative estimate of drug-likeness (QED) is 0.872. The summed E-state index contributed by atoms with van der Waals surface area (Å²) in [7, 11) is -3.17. The summed E-state index contributed by atoms with van der Waals surface area (Å²) in [6.07, 6.45) is 1.67. The van der Waals surface area contributed by atoms with Gasteiger partial charge in [-0.3, -0.25) is 0 Å². The fourth-order valence-electron chi connectivity index (χ4n) is 1.67. The first-order valence-corrected chi connectivity index (χ1v) is 7.80. The van der Waals surface area contributed by atoms with Gasteiger partial charge in [-0.15, -0.1) is 0 Å². The number of nitrogens with two attached hydrogens (primary N) is 1. The van der Waals surface area contributed by atoms with Gasteiger partial charge in [0.1, 0.15) is 5.75 Å². The van der Waals surface area contributed by atoms with Gasteiger partial charge >= 0.3 is 0 Å². The number of benzene rings is 1. The number of hydrogen-bond acceptors (Lipinski definition) is 6. The molecule has 0 saturated heterocycles. The summed E-state index contributed by atoms with van der Waals surface area (Å²) in [5.41, 5.74) is 7.01. The van der Waals surface area contributed by atoms with Crippen molar-refractivity contribution in [2.75, 3.05) is 6.26 Å². The Morgan fingerprint density at radius 3 is 2.63 bits per heavy atom. The highest BCUT2D eigenvalue weighted by Crippen LogP contribution is 2.14. The van der Waals surface area contributed by atoms with Crippen LogP contribution in [0.5, 0.6) is 0 Å². The van der Waals surface area contributed by atoms with Crippen molar-refractivity contribution in [1.82, 2.24) is 10.1 Å². The fourth-order valence-corrected chi connectivity index (χ4v) is 2.25. The predicted octanol–water partition coefficient (Wildman–Crippen LogP) is 0.857. The maximum atomic E-state index is 11.1. The van der Waals surface area contributed by atoms with Crippen LogP contribution in [0.3, 0.4) is 0 Å². The van der Waals surface area contributed by atoms with E-state index in [-0.39, 0.29) is 17.5 Å². The summed E-state index contributed by atoms with van der Waals surface area (Å²) in [6, 6.07) is 9.23. The Labute approximate surface area is 111 Å². The Morgan fingerprint density at radius 1 is 1.32 bits per heavy atom. The minimum atomic E-state index is -3.17. The minimum Gasteiger partial charge on any atom is -0.338 e. The number of hydrogen-bond donors (Lipinski definition) is 1. The zero-order valence-corrected chi connectivity index (χ0v) is 11.3. The van der Waals surface area contributed by atoms with Crippen LogP contribution in [0.4, 0.5) is 0 Å². The molecule has 0 fully saturated rings. The lowest BCUT2D eigenvalue weighted by atomic mass is 10.1. The van der Waals surface area contributed by atoms with Crippen molar-refractivity contribution in [2.24, 2.45) is 5.73 Å². The number of sulfone groups is 1. The van der Waals surface area contributed by atoms with E-state index in [1.54, 1.807) is 0 Å². The van der Waals surface area contributed by atoms with E-state index in [0.29, 0.717) is 6.42 Å². The molecule has 19 heavy (non-hydrogen) atoms. The summed E-state index contributed by atoms with van der Waals surface area (Å²) in [5, 5.41) is 3.62. The van der Waals surface area contributed by atoms with E-state index in [4.69, 9.17) is 10.3 Å². The molecule has 0 aliphatic rings. The number of aromatic nitrogens is 2. The SMILES string of the molecule is CS(=O)(=O)Cc1noc([C@H](N)Cc2ccccc2)n1. The molecule has 2 N–H and O–H groups in total. The Balaban J connectivity index is 2.06. The van der Waals surface area contributed by atoms with Crippen LogP contribution in [0.15, 0.2) is 34.9 Å². The molecule has 0 bridgehead atoms. The molecule has 0 radical (unpaired) electrons. The Morgan fingerprint density at radius 2 is 2.00 bits per heavy atom. The third-order valence-electron chi connectivity index (χ3n) is 2.49. The molecule has 1 aromatic heterocycles. The molecular formula is C12H15N3O3S. The van der Waals surface area contributed by atoms with Crippen molar-refractivity contribution in [1.29, 1.82) is 0 Å². The lowest BCUT2D eigenvalue weighted by Gasteiger charge is -2.05. The highest BCUT2D eigenvalue weighted by Gasteiger charge is 2.17. The molecule has 1 aromatic carbocycles. The molecule has 102 valence electrons. The summed E-state index contributed by atoms with van der Waals surface area (Å²) in [4.78, 5) is 4.01. The van der Waals surface area contributed by atoms with Gasteiger partial charge in [0.2, 0.25) is 5.89 Å². The normalized spacial score (nSPS) is 13.4. The van der Waals surface area contributed by atoms with Crippen molar-refractivity contribution in [3.05, 3.63) is 47.6 Å². The predicted molar refractivity (Wildman–Crippen MR) is 69.9 cm³/mol. The highest BCUT2D eigenvalue weighted by atomic mass is 32.2. The van der Waals surface area contributed by atoms with Gasteiger partial charge in [-0.2, -0.15) is 4.98 Å². The molecule has 1 atom stereocenters. The third-order valence-corrected chi connectivity index (χ3v) is 3.27. The van der Waals surface area contributed by atoms with Crippen molar-refractivity contribution in [2.45, 2.75) is 18.2 Å². The fraction of sp³-hybridized carbons (Fsp3) is 0.333. The summed E-state index contributed by atoms with van der Waals surface area (Å²) < 4.78 is 27.2. The molecule has 0 aliphatic heterocycles. The van der Waals surface area contributed by atoms with Gasteiger partial charge in [0.25, 0.3) is 0 Å². The molecule has 1 heterocycles. The zero-order valence-electron chi connectivity index (χ0n) is 10.5. The Hall–Kier alpha value is -1.73. The van der Waals surface area contributed by atoms with Gasteiger partial charge in [-0.1, -0.05) is 35.5 Å². The van der Waals surface area contributed by atoms with Gasteiger partial charge in [0.05, 0.1) is 6.04 Å². The van der Waals surface area contributed by atoms with E-state index in [1.807, 2.05) is 30.3 Å². The first-order chi connectivity index (χ1) is 8.94. The first kappa shape index (κ1) is 13.7.